The Morgan fingerprint density at radius 1 is 0.783 bits per heavy atom. The molecule has 0 heterocycles. The van der Waals surface area contributed by atoms with E-state index < -0.39 is 0 Å². The van der Waals surface area contributed by atoms with Crippen LogP contribution in [-0.2, 0) is 0 Å². The number of nitrogen functional groups attached to an aromatic ring is 2. The van der Waals surface area contributed by atoms with E-state index >= 15 is 0 Å². The lowest BCUT2D eigenvalue weighted by Crippen LogP contribution is -2.08. The van der Waals surface area contributed by atoms with Gasteiger partial charge in [-0.2, -0.15) is 0 Å². The largest absolute Gasteiger partial charge is 0.399 e. The Bertz CT molecular complexity index is 625. The SMILES string of the molecule is CCC(c1ccc(N)cc1)c1cc(C(C)C)c(N)c(C(C)C)c1. The zero-order valence-electron chi connectivity index (χ0n) is 15.1. The second kappa shape index (κ2) is 7.08. The third-order valence-electron chi connectivity index (χ3n) is 4.66. The summed E-state index contributed by atoms with van der Waals surface area (Å²) in [6.07, 6.45) is 1.06. The van der Waals surface area contributed by atoms with E-state index in [4.69, 9.17) is 11.5 Å². The van der Waals surface area contributed by atoms with Gasteiger partial charge >= 0.3 is 0 Å². The molecule has 0 radical (unpaired) electrons. The van der Waals surface area contributed by atoms with Crippen LogP contribution in [0.1, 0.15) is 81.0 Å². The van der Waals surface area contributed by atoms with Crippen molar-refractivity contribution in [3.63, 3.8) is 0 Å². The van der Waals surface area contributed by atoms with Crippen LogP contribution in [-0.4, -0.2) is 0 Å². The van der Waals surface area contributed by atoms with Crippen LogP contribution in [0.5, 0.6) is 0 Å². The fourth-order valence-electron chi connectivity index (χ4n) is 3.27. The molecule has 0 fully saturated rings. The van der Waals surface area contributed by atoms with E-state index in [-0.39, 0.29) is 0 Å². The molecule has 0 aliphatic carbocycles. The Hall–Kier alpha value is -1.96. The van der Waals surface area contributed by atoms with Crippen molar-refractivity contribution in [3.05, 3.63) is 58.7 Å². The van der Waals surface area contributed by atoms with E-state index in [2.05, 4.69) is 58.9 Å². The molecule has 2 aromatic rings. The van der Waals surface area contributed by atoms with Crippen LogP contribution in [0.25, 0.3) is 0 Å². The second-order valence-corrected chi connectivity index (χ2v) is 7.05. The summed E-state index contributed by atoms with van der Waals surface area (Å²) in [7, 11) is 0. The first-order chi connectivity index (χ1) is 10.8. The molecule has 0 saturated carbocycles. The van der Waals surface area contributed by atoms with Gasteiger partial charge in [-0.3, -0.25) is 0 Å². The van der Waals surface area contributed by atoms with Crippen molar-refractivity contribution in [1.82, 2.24) is 0 Å². The maximum Gasteiger partial charge on any atom is 0.0384 e. The van der Waals surface area contributed by atoms with Gasteiger partial charge in [0.05, 0.1) is 0 Å². The molecule has 0 aliphatic heterocycles. The topological polar surface area (TPSA) is 52.0 Å². The minimum absolute atomic E-state index is 0.381. The van der Waals surface area contributed by atoms with Crippen LogP contribution in [0.2, 0.25) is 0 Å². The summed E-state index contributed by atoms with van der Waals surface area (Å²) in [5.74, 6) is 1.24. The third kappa shape index (κ3) is 3.69. The predicted molar refractivity (Wildman–Crippen MR) is 102 cm³/mol. The first-order valence-corrected chi connectivity index (χ1v) is 8.63. The smallest absolute Gasteiger partial charge is 0.0384 e. The van der Waals surface area contributed by atoms with Crippen molar-refractivity contribution in [3.8, 4) is 0 Å². The highest BCUT2D eigenvalue weighted by atomic mass is 14.6. The maximum atomic E-state index is 6.44. The molecule has 0 bridgehead atoms. The van der Waals surface area contributed by atoms with E-state index in [9.17, 15) is 0 Å². The molecule has 0 aromatic heterocycles. The summed E-state index contributed by atoms with van der Waals surface area (Å²) in [5.41, 5.74) is 19.3. The Balaban J connectivity index is 2.57. The lowest BCUT2D eigenvalue weighted by atomic mass is 9.83. The fraction of sp³-hybridized carbons (Fsp3) is 0.429. The summed E-state index contributed by atoms with van der Waals surface area (Å²) in [6.45, 7) is 11.1. The van der Waals surface area contributed by atoms with Gasteiger partial charge in [-0.15, -0.1) is 0 Å². The van der Waals surface area contributed by atoms with Gasteiger partial charge in [0.2, 0.25) is 0 Å². The van der Waals surface area contributed by atoms with E-state index in [1.165, 1.54) is 22.3 Å². The highest BCUT2D eigenvalue weighted by molar-refractivity contribution is 5.59. The van der Waals surface area contributed by atoms with E-state index in [0.717, 1.165) is 17.8 Å². The molecular weight excluding hydrogens is 280 g/mol. The van der Waals surface area contributed by atoms with Gasteiger partial charge in [0, 0.05) is 17.3 Å². The van der Waals surface area contributed by atoms with E-state index in [1.54, 1.807) is 0 Å². The molecule has 2 aromatic carbocycles. The van der Waals surface area contributed by atoms with Crippen LogP contribution in [0, 0.1) is 0 Å². The summed E-state index contributed by atoms with van der Waals surface area (Å²) < 4.78 is 0. The molecule has 0 aliphatic rings. The summed E-state index contributed by atoms with van der Waals surface area (Å²) in [5, 5.41) is 0. The molecule has 2 rings (SSSR count). The molecule has 1 unspecified atom stereocenters. The van der Waals surface area contributed by atoms with Gasteiger partial charge in [-0.25, -0.2) is 0 Å². The zero-order valence-corrected chi connectivity index (χ0v) is 15.1. The van der Waals surface area contributed by atoms with Crippen molar-refractivity contribution in [2.75, 3.05) is 11.5 Å². The molecule has 1 atom stereocenters. The molecule has 2 heteroatoms. The Morgan fingerprint density at radius 3 is 1.65 bits per heavy atom. The first kappa shape index (κ1) is 17.4. The van der Waals surface area contributed by atoms with Gasteiger partial charge in [0.15, 0.2) is 0 Å². The normalized spacial score (nSPS) is 12.8. The zero-order chi connectivity index (χ0) is 17.1. The molecule has 0 spiro atoms. The third-order valence-corrected chi connectivity index (χ3v) is 4.66. The Labute approximate surface area is 140 Å². The number of rotatable bonds is 5. The summed E-state index contributed by atoms with van der Waals surface area (Å²) in [6, 6.07) is 12.9. The van der Waals surface area contributed by atoms with Gasteiger partial charge in [0.1, 0.15) is 0 Å². The second-order valence-electron chi connectivity index (χ2n) is 7.05. The minimum Gasteiger partial charge on any atom is -0.399 e. The Kier molecular flexibility index (Phi) is 5.35. The highest BCUT2D eigenvalue weighted by Gasteiger charge is 2.18. The average molecular weight is 310 g/mol. The first-order valence-electron chi connectivity index (χ1n) is 8.63. The van der Waals surface area contributed by atoms with Crippen LogP contribution in [0.3, 0.4) is 0 Å². The van der Waals surface area contributed by atoms with Gasteiger partial charge < -0.3 is 11.5 Å². The van der Waals surface area contributed by atoms with E-state index in [0.29, 0.717) is 17.8 Å². The lowest BCUT2D eigenvalue weighted by molar-refractivity contribution is 0.761. The molecule has 4 N–H and O–H groups in total. The summed E-state index contributed by atoms with van der Waals surface area (Å²) >= 11 is 0. The maximum absolute atomic E-state index is 6.44. The lowest BCUT2D eigenvalue weighted by Gasteiger charge is -2.23. The van der Waals surface area contributed by atoms with Gasteiger partial charge in [0.25, 0.3) is 0 Å². The number of benzene rings is 2. The molecule has 0 saturated heterocycles. The average Bonchev–Trinajstić information content (AvgIpc) is 2.50. The van der Waals surface area contributed by atoms with Crippen molar-refractivity contribution in [2.24, 2.45) is 0 Å². The molecular formula is C21H30N2. The van der Waals surface area contributed by atoms with Crippen molar-refractivity contribution in [2.45, 2.75) is 58.8 Å². The van der Waals surface area contributed by atoms with Crippen LogP contribution in [0.15, 0.2) is 36.4 Å². The van der Waals surface area contributed by atoms with Crippen LogP contribution in [0.4, 0.5) is 11.4 Å². The standard InChI is InChI=1S/C21H30N2/c1-6-18(15-7-9-17(22)10-8-15)16-11-19(13(2)3)21(23)20(12-16)14(4)5/h7-14,18H,6,22-23H2,1-5H3. The van der Waals surface area contributed by atoms with E-state index in [1.807, 2.05) is 12.1 Å². The van der Waals surface area contributed by atoms with Crippen LogP contribution < -0.4 is 11.5 Å². The number of anilines is 2. The molecule has 23 heavy (non-hydrogen) atoms. The number of hydrogen-bond acceptors (Lipinski definition) is 2. The minimum atomic E-state index is 0.381. The predicted octanol–water partition coefficient (Wildman–Crippen LogP) is 5.64. The number of hydrogen-bond donors (Lipinski definition) is 2. The Morgan fingerprint density at radius 2 is 1.26 bits per heavy atom. The van der Waals surface area contributed by atoms with Crippen molar-refractivity contribution >= 4 is 11.4 Å². The highest BCUT2D eigenvalue weighted by Crippen LogP contribution is 2.37. The molecule has 2 nitrogen and oxygen atoms in total. The quantitative estimate of drug-likeness (QED) is 0.702. The van der Waals surface area contributed by atoms with Crippen molar-refractivity contribution in [1.29, 1.82) is 0 Å². The monoisotopic (exact) mass is 310 g/mol. The van der Waals surface area contributed by atoms with Crippen molar-refractivity contribution < 1.29 is 0 Å². The molecule has 124 valence electrons. The number of nitrogens with two attached hydrogens (primary N) is 2. The van der Waals surface area contributed by atoms with Gasteiger partial charge in [-0.05, 0) is 52.6 Å². The fourth-order valence-corrected chi connectivity index (χ4v) is 3.27. The molecule has 0 amide bonds. The van der Waals surface area contributed by atoms with Gasteiger partial charge in [-0.1, -0.05) is 58.9 Å². The van der Waals surface area contributed by atoms with Crippen LogP contribution >= 0.6 is 0 Å². The summed E-state index contributed by atoms with van der Waals surface area (Å²) in [4.78, 5) is 0.